The number of hydrogen-bond acceptors (Lipinski definition) is 3. The molecule has 2 atom stereocenters. The van der Waals surface area contributed by atoms with Crippen LogP contribution >= 0.6 is 0 Å². The number of benzene rings is 2. The summed E-state index contributed by atoms with van der Waals surface area (Å²) in [5.74, 6) is 1.42. The summed E-state index contributed by atoms with van der Waals surface area (Å²) in [5.41, 5.74) is 5.43. The number of fused-ring (bicyclic) bond motifs is 3. The Bertz CT molecular complexity index is 698. The molecule has 120 valence electrons. The van der Waals surface area contributed by atoms with E-state index in [4.69, 9.17) is 9.47 Å². The standard InChI is InChI=1S/C20H23NO2/c1-14-8-16(22-2)9-17-18-11-21(10-15-6-4-3-5-7-15)12-20(18)23-13-19(14)17/h3-9,18,20H,10-13H2,1-2H3/t18-,20+/m1/s1. The van der Waals surface area contributed by atoms with Gasteiger partial charge in [0.15, 0.2) is 0 Å². The lowest BCUT2D eigenvalue weighted by Crippen LogP contribution is -2.27. The zero-order valence-corrected chi connectivity index (χ0v) is 13.8. The van der Waals surface area contributed by atoms with Gasteiger partial charge in [0.25, 0.3) is 0 Å². The van der Waals surface area contributed by atoms with Crippen molar-refractivity contribution in [1.82, 2.24) is 4.90 Å². The van der Waals surface area contributed by atoms with E-state index in [0.29, 0.717) is 12.0 Å². The van der Waals surface area contributed by atoms with Gasteiger partial charge in [-0.1, -0.05) is 30.3 Å². The van der Waals surface area contributed by atoms with Crippen LogP contribution in [0.15, 0.2) is 42.5 Å². The van der Waals surface area contributed by atoms with Crippen LogP contribution in [-0.4, -0.2) is 31.2 Å². The van der Waals surface area contributed by atoms with Gasteiger partial charge in [-0.2, -0.15) is 0 Å². The van der Waals surface area contributed by atoms with Crippen molar-refractivity contribution < 1.29 is 9.47 Å². The van der Waals surface area contributed by atoms with Crippen LogP contribution in [0.5, 0.6) is 5.75 Å². The van der Waals surface area contributed by atoms with E-state index in [1.165, 1.54) is 22.3 Å². The number of rotatable bonds is 3. The summed E-state index contributed by atoms with van der Waals surface area (Å²) in [5, 5.41) is 0. The lowest BCUT2D eigenvalue weighted by molar-refractivity contribution is 0.0245. The minimum absolute atomic E-state index is 0.303. The van der Waals surface area contributed by atoms with Gasteiger partial charge < -0.3 is 9.47 Å². The third-order valence-electron chi connectivity index (χ3n) is 5.15. The van der Waals surface area contributed by atoms with E-state index in [1.807, 2.05) is 0 Å². The lowest BCUT2D eigenvalue weighted by Gasteiger charge is -2.29. The first-order valence-corrected chi connectivity index (χ1v) is 8.30. The van der Waals surface area contributed by atoms with Crippen LogP contribution < -0.4 is 4.74 Å². The first kappa shape index (κ1) is 14.7. The minimum Gasteiger partial charge on any atom is -0.497 e. The maximum atomic E-state index is 6.17. The molecule has 2 aliphatic rings. The summed E-state index contributed by atoms with van der Waals surface area (Å²) in [6.45, 7) is 5.94. The molecule has 0 N–H and O–H groups in total. The van der Waals surface area contributed by atoms with Gasteiger partial charge in [-0.3, -0.25) is 4.90 Å². The third-order valence-corrected chi connectivity index (χ3v) is 5.15. The molecule has 0 radical (unpaired) electrons. The van der Waals surface area contributed by atoms with Gasteiger partial charge in [0, 0.05) is 25.6 Å². The van der Waals surface area contributed by atoms with Crippen molar-refractivity contribution in [2.24, 2.45) is 0 Å². The fraction of sp³-hybridized carbons (Fsp3) is 0.400. The van der Waals surface area contributed by atoms with Gasteiger partial charge in [0.05, 0.1) is 19.8 Å². The molecule has 0 aromatic heterocycles. The van der Waals surface area contributed by atoms with E-state index in [0.717, 1.165) is 32.0 Å². The highest BCUT2D eigenvalue weighted by Crippen LogP contribution is 2.40. The Labute approximate surface area is 137 Å². The number of aryl methyl sites for hydroxylation is 1. The SMILES string of the molecule is COc1cc(C)c2c(c1)[C@H]1CN(Cc3ccccc3)C[C@@H]1OC2. The highest BCUT2D eigenvalue weighted by molar-refractivity contribution is 5.45. The Morgan fingerprint density at radius 1 is 1.17 bits per heavy atom. The van der Waals surface area contributed by atoms with Crippen molar-refractivity contribution in [2.45, 2.75) is 32.1 Å². The number of ether oxygens (including phenoxy) is 2. The predicted octanol–water partition coefficient (Wildman–Crippen LogP) is 3.50. The Morgan fingerprint density at radius 2 is 2.00 bits per heavy atom. The summed E-state index contributed by atoms with van der Waals surface area (Å²) in [7, 11) is 1.74. The molecular weight excluding hydrogens is 286 g/mol. The van der Waals surface area contributed by atoms with Crippen molar-refractivity contribution in [3.63, 3.8) is 0 Å². The van der Waals surface area contributed by atoms with E-state index in [9.17, 15) is 0 Å². The molecular formula is C20H23NO2. The zero-order chi connectivity index (χ0) is 15.8. The van der Waals surface area contributed by atoms with Crippen LogP contribution in [0.1, 0.15) is 28.2 Å². The van der Waals surface area contributed by atoms with Gasteiger partial charge >= 0.3 is 0 Å². The number of methoxy groups -OCH3 is 1. The number of nitrogens with zero attached hydrogens (tertiary/aromatic N) is 1. The van der Waals surface area contributed by atoms with Crippen molar-refractivity contribution >= 4 is 0 Å². The lowest BCUT2D eigenvalue weighted by atomic mass is 9.87. The zero-order valence-electron chi connectivity index (χ0n) is 13.8. The van der Waals surface area contributed by atoms with Crippen LogP contribution in [0.3, 0.4) is 0 Å². The van der Waals surface area contributed by atoms with Gasteiger partial charge in [-0.25, -0.2) is 0 Å². The molecule has 2 heterocycles. The molecule has 0 spiro atoms. The average Bonchev–Trinajstić information content (AvgIpc) is 2.98. The van der Waals surface area contributed by atoms with Crippen LogP contribution in [0.25, 0.3) is 0 Å². The van der Waals surface area contributed by atoms with E-state index < -0.39 is 0 Å². The Kier molecular flexibility index (Phi) is 3.83. The van der Waals surface area contributed by atoms with E-state index in [1.54, 1.807) is 7.11 Å². The molecule has 23 heavy (non-hydrogen) atoms. The molecule has 0 bridgehead atoms. The van der Waals surface area contributed by atoms with Crippen molar-refractivity contribution in [2.75, 3.05) is 20.2 Å². The second-order valence-electron chi connectivity index (χ2n) is 6.65. The summed E-state index contributed by atoms with van der Waals surface area (Å²) in [4.78, 5) is 2.51. The molecule has 0 amide bonds. The van der Waals surface area contributed by atoms with Gasteiger partial charge in [0.1, 0.15) is 5.75 Å². The second kappa shape index (κ2) is 5.99. The predicted molar refractivity (Wildman–Crippen MR) is 90.8 cm³/mol. The maximum absolute atomic E-state index is 6.17. The molecule has 1 fully saturated rings. The summed E-state index contributed by atoms with van der Waals surface area (Å²) >= 11 is 0. The summed E-state index contributed by atoms with van der Waals surface area (Å²) in [6, 6.07) is 15.0. The highest BCUT2D eigenvalue weighted by atomic mass is 16.5. The molecule has 4 rings (SSSR count). The number of likely N-dealkylation sites (tertiary alicyclic amines) is 1. The Morgan fingerprint density at radius 3 is 2.78 bits per heavy atom. The van der Waals surface area contributed by atoms with E-state index in [-0.39, 0.29) is 0 Å². The Balaban J connectivity index is 1.58. The molecule has 2 aliphatic heterocycles. The van der Waals surface area contributed by atoms with Crippen LogP contribution in [0.4, 0.5) is 0 Å². The minimum atomic E-state index is 0.303. The first-order valence-electron chi connectivity index (χ1n) is 8.30. The molecule has 2 aromatic carbocycles. The fourth-order valence-electron chi connectivity index (χ4n) is 3.94. The van der Waals surface area contributed by atoms with Gasteiger partial charge in [0.2, 0.25) is 0 Å². The monoisotopic (exact) mass is 309 g/mol. The molecule has 3 heteroatoms. The summed E-state index contributed by atoms with van der Waals surface area (Å²) < 4.78 is 11.6. The van der Waals surface area contributed by atoms with Gasteiger partial charge in [-0.05, 0) is 41.3 Å². The van der Waals surface area contributed by atoms with Crippen molar-refractivity contribution in [1.29, 1.82) is 0 Å². The largest absolute Gasteiger partial charge is 0.497 e. The van der Waals surface area contributed by atoms with E-state index in [2.05, 4.69) is 54.3 Å². The molecule has 1 saturated heterocycles. The van der Waals surface area contributed by atoms with Gasteiger partial charge in [-0.15, -0.1) is 0 Å². The van der Waals surface area contributed by atoms with Crippen molar-refractivity contribution in [3.8, 4) is 5.75 Å². The Hall–Kier alpha value is -1.84. The topological polar surface area (TPSA) is 21.7 Å². The maximum Gasteiger partial charge on any atom is 0.119 e. The van der Waals surface area contributed by atoms with Crippen LogP contribution in [0, 0.1) is 6.92 Å². The molecule has 0 saturated carbocycles. The van der Waals surface area contributed by atoms with E-state index >= 15 is 0 Å². The van der Waals surface area contributed by atoms with Crippen molar-refractivity contribution in [3.05, 3.63) is 64.7 Å². The molecule has 2 aromatic rings. The highest BCUT2D eigenvalue weighted by Gasteiger charge is 2.39. The molecule has 0 unspecified atom stereocenters. The smallest absolute Gasteiger partial charge is 0.119 e. The molecule has 0 aliphatic carbocycles. The first-order chi connectivity index (χ1) is 11.2. The second-order valence-corrected chi connectivity index (χ2v) is 6.65. The van der Waals surface area contributed by atoms with Crippen LogP contribution in [0.2, 0.25) is 0 Å². The van der Waals surface area contributed by atoms with Crippen LogP contribution in [-0.2, 0) is 17.9 Å². The normalized spacial score (nSPS) is 23.4. The average molecular weight is 309 g/mol. The quantitative estimate of drug-likeness (QED) is 0.866. The number of hydrogen-bond donors (Lipinski definition) is 0. The third kappa shape index (κ3) is 2.75. The summed E-state index contributed by atoms with van der Waals surface area (Å²) in [6.07, 6.45) is 0.303. The molecule has 3 nitrogen and oxygen atoms in total. The fourth-order valence-corrected chi connectivity index (χ4v) is 3.94.